The average molecular weight is 225 g/mol. The number of rotatable bonds is 4. The molecule has 0 bridgehead atoms. The number of hydrogen-bond acceptors (Lipinski definition) is 4. The summed E-state index contributed by atoms with van der Waals surface area (Å²) < 4.78 is 0. The third kappa shape index (κ3) is 2.54. The maximum atomic E-state index is 11.6. The van der Waals surface area contributed by atoms with Crippen LogP contribution < -0.4 is 11.1 Å². The molecule has 1 saturated carbocycles. The molecule has 2 unspecified atom stereocenters. The minimum absolute atomic E-state index is 0.0787. The summed E-state index contributed by atoms with van der Waals surface area (Å²) >= 11 is 1.43. The summed E-state index contributed by atoms with van der Waals surface area (Å²) in [6, 6.07) is 0. The molecule has 5 heteroatoms. The maximum Gasteiger partial charge on any atom is 0.270 e. The van der Waals surface area contributed by atoms with E-state index >= 15 is 0 Å². The van der Waals surface area contributed by atoms with Crippen LogP contribution in [0.15, 0.2) is 5.38 Å². The molecule has 1 aliphatic carbocycles. The molecule has 15 heavy (non-hydrogen) atoms. The van der Waals surface area contributed by atoms with Crippen molar-refractivity contribution in [2.24, 2.45) is 17.6 Å². The Morgan fingerprint density at radius 3 is 3.07 bits per heavy atom. The van der Waals surface area contributed by atoms with Gasteiger partial charge in [-0.3, -0.25) is 4.79 Å². The summed E-state index contributed by atoms with van der Waals surface area (Å²) in [5, 5.41) is 5.46. The van der Waals surface area contributed by atoms with Gasteiger partial charge in [-0.05, 0) is 18.3 Å². The van der Waals surface area contributed by atoms with Crippen LogP contribution in [-0.2, 0) is 6.54 Å². The zero-order chi connectivity index (χ0) is 10.8. The Labute approximate surface area is 92.9 Å². The van der Waals surface area contributed by atoms with Gasteiger partial charge in [-0.1, -0.05) is 6.92 Å². The van der Waals surface area contributed by atoms with E-state index in [1.807, 2.05) is 0 Å². The van der Waals surface area contributed by atoms with E-state index in [4.69, 9.17) is 5.73 Å². The smallest absolute Gasteiger partial charge is 0.270 e. The fourth-order valence-corrected chi connectivity index (χ4v) is 2.16. The molecular weight excluding hydrogens is 210 g/mol. The van der Waals surface area contributed by atoms with Gasteiger partial charge in [-0.2, -0.15) is 0 Å². The van der Waals surface area contributed by atoms with Gasteiger partial charge in [-0.15, -0.1) is 11.3 Å². The molecule has 4 nitrogen and oxygen atoms in total. The SMILES string of the molecule is CC1CC1CNC(=O)c1csc(CN)n1. The van der Waals surface area contributed by atoms with E-state index in [2.05, 4.69) is 17.2 Å². The number of aromatic nitrogens is 1. The van der Waals surface area contributed by atoms with E-state index in [0.29, 0.717) is 18.2 Å². The second-order valence-electron chi connectivity index (χ2n) is 4.01. The quantitative estimate of drug-likeness (QED) is 0.803. The van der Waals surface area contributed by atoms with Gasteiger partial charge in [0.1, 0.15) is 10.7 Å². The van der Waals surface area contributed by atoms with Crippen molar-refractivity contribution >= 4 is 17.2 Å². The molecule has 1 aliphatic rings. The zero-order valence-corrected chi connectivity index (χ0v) is 9.51. The topological polar surface area (TPSA) is 68.0 Å². The van der Waals surface area contributed by atoms with E-state index in [1.54, 1.807) is 5.38 Å². The Morgan fingerprint density at radius 1 is 1.80 bits per heavy atom. The predicted molar refractivity (Wildman–Crippen MR) is 59.6 cm³/mol. The number of hydrogen-bond donors (Lipinski definition) is 2. The molecule has 2 rings (SSSR count). The lowest BCUT2D eigenvalue weighted by Crippen LogP contribution is -2.26. The number of carbonyl (C=O) groups excluding carboxylic acids is 1. The zero-order valence-electron chi connectivity index (χ0n) is 8.69. The number of nitrogens with two attached hydrogens (primary N) is 1. The fraction of sp³-hybridized carbons (Fsp3) is 0.600. The van der Waals surface area contributed by atoms with Crippen molar-refractivity contribution in [3.63, 3.8) is 0 Å². The van der Waals surface area contributed by atoms with Crippen molar-refractivity contribution in [3.8, 4) is 0 Å². The van der Waals surface area contributed by atoms with Crippen LogP contribution in [0.1, 0.15) is 28.8 Å². The van der Waals surface area contributed by atoms with Crippen molar-refractivity contribution in [1.29, 1.82) is 0 Å². The van der Waals surface area contributed by atoms with Crippen LogP contribution in [-0.4, -0.2) is 17.4 Å². The lowest BCUT2D eigenvalue weighted by atomic mass is 10.3. The Balaban J connectivity index is 1.84. The molecular formula is C10H15N3OS. The van der Waals surface area contributed by atoms with Crippen molar-refractivity contribution in [3.05, 3.63) is 16.1 Å². The first-order chi connectivity index (χ1) is 7.20. The third-order valence-electron chi connectivity index (χ3n) is 2.76. The fourth-order valence-electron chi connectivity index (χ4n) is 1.51. The highest BCUT2D eigenvalue weighted by molar-refractivity contribution is 7.09. The van der Waals surface area contributed by atoms with Crippen LogP contribution in [0.2, 0.25) is 0 Å². The number of nitrogens with one attached hydrogen (secondary N) is 1. The van der Waals surface area contributed by atoms with Gasteiger partial charge in [-0.25, -0.2) is 4.98 Å². The molecule has 0 aromatic carbocycles. The van der Waals surface area contributed by atoms with Gasteiger partial charge < -0.3 is 11.1 Å². The number of carbonyl (C=O) groups is 1. The van der Waals surface area contributed by atoms with Crippen molar-refractivity contribution in [2.45, 2.75) is 19.9 Å². The van der Waals surface area contributed by atoms with Crippen molar-refractivity contribution < 1.29 is 4.79 Å². The van der Waals surface area contributed by atoms with Crippen LogP contribution >= 0.6 is 11.3 Å². The van der Waals surface area contributed by atoms with Crippen molar-refractivity contribution in [1.82, 2.24) is 10.3 Å². The third-order valence-corrected chi connectivity index (χ3v) is 3.63. The van der Waals surface area contributed by atoms with Gasteiger partial charge in [0.05, 0.1) is 0 Å². The van der Waals surface area contributed by atoms with E-state index < -0.39 is 0 Å². The molecule has 2 atom stereocenters. The molecule has 1 aromatic heterocycles. The molecule has 0 aliphatic heterocycles. The minimum Gasteiger partial charge on any atom is -0.350 e. The Hall–Kier alpha value is -0.940. The molecule has 1 amide bonds. The summed E-state index contributed by atoms with van der Waals surface area (Å²) in [4.78, 5) is 15.7. The molecule has 0 saturated heterocycles. The first-order valence-electron chi connectivity index (χ1n) is 5.13. The molecule has 1 aromatic rings. The Bertz CT molecular complexity index is 363. The lowest BCUT2D eigenvalue weighted by molar-refractivity contribution is 0.0947. The molecule has 0 spiro atoms. The largest absolute Gasteiger partial charge is 0.350 e. The van der Waals surface area contributed by atoms with E-state index in [9.17, 15) is 4.79 Å². The van der Waals surface area contributed by atoms with Crippen LogP contribution in [0.5, 0.6) is 0 Å². The van der Waals surface area contributed by atoms with Crippen LogP contribution in [0, 0.1) is 11.8 Å². The second-order valence-corrected chi connectivity index (χ2v) is 4.96. The highest BCUT2D eigenvalue weighted by atomic mass is 32.1. The van der Waals surface area contributed by atoms with Gasteiger partial charge in [0.15, 0.2) is 0 Å². The first kappa shape index (κ1) is 10.6. The Morgan fingerprint density at radius 2 is 2.53 bits per heavy atom. The number of amides is 1. The Kier molecular flexibility index (Phi) is 3.02. The molecule has 82 valence electrons. The van der Waals surface area contributed by atoms with E-state index in [-0.39, 0.29) is 5.91 Å². The second kappa shape index (κ2) is 4.28. The molecule has 1 fully saturated rings. The van der Waals surface area contributed by atoms with Crippen LogP contribution in [0.25, 0.3) is 0 Å². The summed E-state index contributed by atoms with van der Waals surface area (Å²) in [5.41, 5.74) is 5.92. The number of thiazole rings is 1. The van der Waals surface area contributed by atoms with Gasteiger partial charge in [0, 0.05) is 18.5 Å². The monoisotopic (exact) mass is 225 g/mol. The summed E-state index contributed by atoms with van der Waals surface area (Å²) in [7, 11) is 0. The highest BCUT2D eigenvalue weighted by Gasteiger charge is 2.32. The lowest BCUT2D eigenvalue weighted by Gasteiger charge is -2.00. The van der Waals surface area contributed by atoms with Crippen LogP contribution in [0.4, 0.5) is 0 Å². The van der Waals surface area contributed by atoms with E-state index in [1.165, 1.54) is 17.8 Å². The summed E-state index contributed by atoms with van der Waals surface area (Å²) in [6.45, 7) is 3.37. The van der Waals surface area contributed by atoms with E-state index in [0.717, 1.165) is 17.5 Å². The summed E-state index contributed by atoms with van der Waals surface area (Å²) in [5.74, 6) is 1.35. The van der Waals surface area contributed by atoms with Gasteiger partial charge in [0.25, 0.3) is 5.91 Å². The predicted octanol–water partition coefficient (Wildman–Crippen LogP) is 0.988. The first-order valence-corrected chi connectivity index (χ1v) is 6.01. The molecule has 3 N–H and O–H groups in total. The van der Waals surface area contributed by atoms with Crippen LogP contribution in [0.3, 0.4) is 0 Å². The molecule has 0 radical (unpaired) electrons. The molecule has 1 heterocycles. The highest BCUT2D eigenvalue weighted by Crippen LogP contribution is 2.36. The summed E-state index contributed by atoms with van der Waals surface area (Å²) in [6.07, 6.45) is 1.23. The standard InChI is InChI=1S/C10H15N3OS/c1-6-2-7(6)4-12-10(14)8-5-15-9(3-11)13-8/h5-7H,2-4,11H2,1H3,(H,12,14). The van der Waals surface area contributed by atoms with Gasteiger partial charge in [0.2, 0.25) is 0 Å². The normalized spacial score (nSPS) is 23.9. The minimum atomic E-state index is -0.0787. The van der Waals surface area contributed by atoms with Crippen molar-refractivity contribution in [2.75, 3.05) is 6.54 Å². The maximum absolute atomic E-state index is 11.6. The van der Waals surface area contributed by atoms with Gasteiger partial charge >= 0.3 is 0 Å². The number of nitrogens with zero attached hydrogens (tertiary/aromatic N) is 1. The average Bonchev–Trinajstić information content (AvgIpc) is 2.78.